The van der Waals surface area contributed by atoms with Crippen LogP contribution in [0.25, 0.3) is 0 Å². The van der Waals surface area contributed by atoms with Crippen molar-refractivity contribution >= 4 is 29.3 Å². The van der Waals surface area contributed by atoms with Crippen LogP contribution in [0.15, 0.2) is 17.3 Å². The Morgan fingerprint density at radius 2 is 1.96 bits per heavy atom. The number of nitrogens with zero attached hydrogens (tertiary/aromatic N) is 4. The molecule has 26 heavy (non-hydrogen) atoms. The van der Waals surface area contributed by atoms with Gasteiger partial charge in [-0.3, -0.25) is 4.57 Å². The summed E-state index contributed by atoms with van der Waals surface area (Å²) < 4.78 is 13.2. The van der Waals surface area contributed by atoms with Crippen molar-refractivity contribution in [3.63, 3.8) is 0 Å². The van der Waals surface area contributed by atoms with Gasteiger partial charge in [0, 0.05) is 24.9 Å². The minimum absolute atomic E-state index is 0.237. The number of aromatic nitrogens is 3. The molecule has 0 N–H and O–H groups in total. The fourth-order valence-corrected chi connectivity index (χ4v) is 4.80. The van der Waals surface area contributed by atoms with E-state index in [0.717, 1.165) is 41.3 Å². The highest BCUT2D eigenvalue weighted by Crippen LogP contribution is 2.43. The van der Waals surface area contributed by atoms with Crippen molar-refractivity contribution in [1.29, 1.82) is 0 Å². The zero-order valence-electron chi connectivity index (χ0n) is 14.5. The van der Waals surface area contributed by atoms with Crippen LogP contribution < -0.4 is 14.4 Å². The Labute approximate surface area is 161 Å². The van der Waals surface area contributed by atoms with Crippen molar-refractivity contribution in [2.75, 3.05) is 24.8 Å². The third kappa shape index (κ3) is 3.11. The average Bonchev–Trinajstić information content (AvgIpc) is 3.23. The number of fused-ring (bicyclic) bond motifs is 1. The van der Waals surface area contributed by atoms with Gasteiger partial charge < -0.3 is 14.4 Å². The first-order valence-corrected chi connectivity index (χ1v) is 10.6. The summed E-state index contributed by atoms with van der Waals surface area (Å²) in [7, 11) is 0. The fourth-order valence-electron chi connectivity index (χ4n) is 3.58. The molecule has 2 fully saturated rings. The van der Waals surface area contributed by atoms with Crippen molar-refractivity contribution in [2.45, 2.75) is 49.1 Å². The number of rotatable bonds is 5. The van der Waals surface area contributed by atoms with Gasteiger partial charge in [-0.25, -0.2) is 0 Å². The Hall–Kier alpha value is -1.60. The molecule has 3 aliphatic rings. The van der Waals surface area contributed by atoms with Crippen molar-refractivity contribution in [3.8, 4) is 11.5 Å². The minimum atomic E-state index is 0.237. The number of benzene rings is 1. The van der Waals surface area contributed by atoms with Crippen LogP contribution in [0.2, 0.25) is 5.02 Å². The van der Waals surface area contributed by atoms with E-state index < -0.39 is 0 Å². The molecule has 138 valence electrons. The van der Waals surface area contributed by atoms with Gasteiger partial charge in [0.05, 0.1) is 5.02 Å². The van der Waals surface area contributed by atoms with E-state index in [2.05, 4.69) is 19.7 Å². The molecule has 5 rings (SSSR count). The van der Waals surface area contributed by atoms with Gasteiger partial charge in [-0.05, 0) is 49.8 Å². The summed E-state index contributed by atoms with van der Waals surface area (Å²) in [5.41, 5.74) is 1.11. The van der Waals surface area contributed by atoms with Crippen LogP contribution in [0.1, 0.15) is 43.7 Å². The summed E-state index contributed by atoms with van der Waals surface area (Å²) in [6, 6.07) is 4.51. The lowest BCUT2D eigenvalue weighted by molar-refractivity contribution is 0.174. The quantitative estimate of drug-likeness (QED) is 0.708. The Morgan fingerprint density at radius 1 is 1.12 bits per heavy atom. The highest BCUT2D eigenvalue weighted by molar-refractivity contribution is 7.98. The molecule has 3 heterocycles. The minimum Gasteiger partial charge on any atom is -0.454 e. The topological polar surface area (TPSA) is 52.4 Å². The van der Waals surface area contributed by atoms with Crippen LogP contribution in [0.4, 0.5) is 5.95 Å². The van der Waals surface area contributed by atoms with Crippen LogP contribution in [0.5, 0.6) is 11.5 Å². The van der Waals surface area contributed by atoms with Crippen LogP contribution in [-0.4, -0.2) is 34.6 Å². The van der Waals surface area contributed by atoms with E-state index >= 15 is 0 Å². The summed E-state index contributed by atoms with van der Waals surface area (Å²) >= 11 is 8.01. The van der Waals surface area contributed by atoms with Gasteiger partial charge in [0.25, 0.3) is 0 Å². The first-order chi connectivity index (χ1) is 12.8. The Bertz CT molecular complexity index is 818. The number of anilines is 1. The summed E-state index contributed by atoms with van der Waals surface area (Å²) in [5.74, 6) is 3.21. The van der Waals surface area contributed by atoms with Crippen molar-refractivity contribution in [2.24, 2.45) is 0 Å². The number of hydrogen-bond acceptors (Lipinski definition) is 6. The Balaban J connectivity index is 1.36. The molecule has 1 saturated heterocycles. The number of piperidine rings is 1. The first kappa shape index (κ1) is 16.6. The normalized spacial score (nSPS) is 19.2. The molecule has 0 amide bonds. The second kappa shape index (κ2) is 6.85. The Morgan fingerprint density at radius 3 is 2.77 bits per heavy atom. The van der Waals surface area contributed by atoms with Gasteiger partial charge in [0.15, 0.2) is 16.7 Å². The summed E-state index contributed by atoms with van der Waals surface area (Å²) in [4.78, 5) is 2.40. The molecule has 1 aromatic heterocycles. The van der Waals surface area contributed by atoms with Crippen LogP contribution in [0, 0.1) is 0 Å². The second-order valence-electron chi connectivity index (χ2n) is 7.03. The fraction of sp³-hybridized carbons (Fsp3) is 0.556. The zero-order valence-corrected chi connectivity index (χ0v) is 16.1. The van der Waals surface area contributed by atoms with E-state index in [1.807, 2.05) is 12.1 Å². The zero-order chi connectivity index (χ0) is 17.5. The van der Waals surface area contributed by atoms with Gasteiger partial charge in [-0.1, -0.05) is 23.4 Å². The standard InChI is InChI=1S/C18H21ClN4O2S/c19-14-8-12(9-15-16(14)25-11-24-15)10-26-18-21-20-17(23(18)13-4-5-13)22-6-2-1-3-7-22/h8-9,13H,1-7,10-11H2. The van der Waals surface area contributed by atoms with Crippen LogP contribution in [-0.2, 0) is 5.75 Å². The van der Waals surface area contributed by atoms with Crippen molar-refractivity contribution in [3.05, 3.63) is 22.7 Å². The van der Waals surface area contributed by atoms with E-state index in [-0.39, 0.29) is 6.79 Å². The highest BCUT2D eigenvalue weighted by Gasteiger charge is 2.32. The van der Waals surface area contributed by atoms with Crippen LogP contribution >= 0.6 is 23.4 Å². The molecule has 1 aliphatic carbocycles. The lowest BCUT2D eigenvalue weighted by Crippen LogP contribution is -2.31. The molecule has 1 saturated carbocycles. The maximum atomic E-state index is 6.30. The maximum Gasteiger partial charge on any atom is 0.231 e. The van der Waals surface area contributed by atoms with E-state index in [4.69, 9.17) is 21.1 Å². The molecule has 0 radical (unpaired) electrons. The number of halogens is 1. The van der Waals surface area contributed by atoms with Gasteiger partial charge in [-0.15, -0.1) is 10.2 Å². The van der Waals surface area contributed by atoms with Gasteiger partial charge in [0.1, 0.15) is 0 Å². The molecular weight excluding hydrogens is 372 g/mol. The largest absolute Gasteiger partial charge is 0.454 e. The van der Waals surface area contributed by atoms with Crippen LogP contribution in [0.3, 0.4) is 0 Å². The molecule has 2 aliphatic heterocycles. The van der Waals surface area contributed by atoms with E-state index in [1.165, 1.54) is 32.1 Å². The molecular formula is C18H21ClN4O2S. The van der Waals surface area contributed by atoms with Gasteiger partial charge in [0.2, 0.25) is 12.7 Å². The second-order valence-corrected chi connectivity index (χ2v) is 8.38. The lowest BCUT2D eigenvalue weighted by Gasteiger charge is -2.27. The molecule has 0 atom stereocenters. The van der Waals surface area contributed by atoms with E-state index in [1.54, 1.807) is 11.8 Å². The molecule has 1 aromatic carbocycles. The molecule has 6 nitrogen and oxygen atoms in total. The first-order valence-electron chi connectivity index (χ1n) is 9.20. The van der Waals surface area contributed by atoms with Gasteiger partial charge in [-0.2, -0.15) is 0 Å². The highest BCUT2D eigenvalue weighted by atomic mass is 35.5. The Kier molecular flexibility index (Phi) is 4.36. The smallest absolute Gasteiger partial charge is 0.231 e. The van der Waals surface area contributed by atoms with Gasteiger partial charge >= 0.3 is 0 Å². The van der Waals surface area contributed by atoms with Crippen molar-refractivity contribution in [1.82, 2.24) is 14.8 Å². The maximum absolute atomic E-state index is 6.30. The predicted molar refractivity (Wildman–Crippen MR) is 101 cm³/mol. The summed E-state index contributed by atoms with van der Waals surface area (Å²) in [5, 5.41) is 10.7. The number of thioether (sulfide) groups is 1. The number of ether oxygens (including phenoxy) is 2. The SMILES string of the molecule is Clc1cc(CSc2nnc(N3CCCCC3)n2C2CC2)cc2c1OCO2. The van der Waals surface area contributed by atoms with E-state index in [9.17, 15) is 0 Å². The third-order valence-electron chi connectivity index (χ3n) is 5.05. The van der Waals surface area contributed by atoms with Crippen molar-refractivity contribution < 1.29 is 9.47 Å². The molecule has 0 unspecified atom stereocenters. The summed E-state index contributed by atoms with van der Waals surface area (Å²) in [6.07, 6.45) is 6.26. The number of hydrogen-bond donors (Lipinski definition) is 0. The predicted octanol–water partition coefficient (Wildman–Crippen LogP) is 4.28. The lowest BCUT2D eigenvalue weighted by atomic mass is 10.1. The third-order valence-corrected chi connectivity index (χ3v) is 6.35. The summed E-state index contributed by atoms with van der Waals surface area (Å²) in [6.45, 7) is 2.42. The molecule has 0 spiro atoms. The molecule has 0 bridgehead atoms. The monoisotopic (exact) mass is 392 g/mol. The molecule has 8 heteroatoms. The molecule has 2 aromatic rings. The average molecular weight is 393 g/mol. The van der Waals surface area contributed by atoms with E-state index in [0.29, 0.717) is 16.8 Å².